The van der Waals surface area contributed by atoms with Crippen molar-refractivity contribution in [2.45, 2.75) is 0 Å². The van der Waals surface area contributed by atoms with E-state index in [9.17, 15) is 9.59 Å². The summed E-state index contributed by atoms with van der Waals surface area (Å²) in [4.78, 5) is 36.1. The number of pyridine rings is 1. The number of aromatic amines is 1. The Bertz CT molecular complexity index is 1100. The van der Waals surface area contributed by atoms with Crippen LogP contribution in [0.5, 0.6) is 0 Å². The number of likely N-dealkylation sites (N-methyl/N-ethyl adjacent to an activating group) is 1. The lowest BCUT2D eigenvalue weighted by Crippen LogP contribution is -2.48. The van der Waals surface area contributed by atoms with Crippen molar-refractivity contribution in [1.82, 2.24) is 19.8 Å². The second-order valence-corrected chi connectivity index (χ2v) is 7.37. The molecular formula is C22H24N6O2. The molecule has 0 saturated carbocycles. The van der Waals surface area contributed by atoms with Gasteiger partial charge in [-0.15, -0.1) is 0 Å². The van der Waals surface area contributed by atoms with Crippen LogP contribution in [0, 0.1) is 0 Å². The lowest BCUT2D eigenvalue weighted by atomic mass is 10.0. The molecule has 8 nitrogen and oxygen atoms in total. The molecule has 30 heavy (non-hydrogen) atoms. The van der Waals surface area contributed by atoms with Gasteiger partial charge >= 0.3 is 6.03 Å². The van der Waals surface area contributed by atoms with Crippen LogP contribution in [0.4, 0.5) is 10.5 Å². The number of nitrogens with one attached hydrogen (secondary N) is 2. The van der Waals surface area contributed by atoms with Crippen molar-refractivity contribution in [1.29, 1.82) is 0 Å². The highest BCUT2D eigenvalue weighted by Gasteiger charge is 2.19. The summed E-state index contributed by atoms with van der Waals surface area (Å²) in [6.45, 7) is 3.09. The molecule has 0 atom stereocenters. The van der Waals surface area contributed by atoms with E-state index in [0.29, 0.717) is 30.0 Å². The van der Waals surface area contributed by atoms with Gasteiger partial charge in [-0.3, -0.25) is 4.79 Å². The largest absolute Gasteiger partial charge is 0.366 e. The average molecular weight is 404 g/mol. The molecule has 1 aliphatic heterocycles. The second-order valence-electron chi connectivity index (χ2n) is 7.37. The number of benzene rings is 1. The van der Waals surface area contributed by atoms with Gasteiger partial charge < -0.3 is 25.8 Å². The number of carbonyl (C=O) groups is 2. The SMILES string of the molecule is CN1CCN(C(=O)Nc2cnc3[nH]cc(/C=C(\C(N)=O)c4ccccc4)c3c2)CC1. The number of carbonyl (C=O) groups excluding carboxylic acids is 2. The van der Waals surface area contributed by atoms with Crippen molar-refractivity contribution in [2.75, 3.05) is 38.5 Å². The summed E-state index contributed by atoms with van der Waals surface area (Å²) in [6.07, 6.45) is 5.13. The number of anilines is 1. The molecule has 0 radical (unpaired) electrons. The van der Waals surface area contributed by atoms with Crippen LogP contribution in [-0.4, -0.2) is 64.9 Å². The minimum absolute atomic E-state index is 0.140. The number of aromatic nitrogens is 2. The van der Waals surface area contributed by atoms with Crippen LogP contribution in [0.2, 0.25) is 0 Å². The molecule has 0 bridgehead atoms. The topological polar surface area (TPSA) is 107 Å². The van der Waals surface area contributed by atoms with E-state index in [1.165, 1.54) is 0 Å². The lowest BCUT2D eigenvalue weighted by molar-refractivity contribution is -0.112. The van der Waals surface area contributed by atoms with Gasteiger partial charge in [0, 0.05) is 48.9 Å². The van der Waals surface area contributed by atoms with Crippen molar-refractivity contribution >= 4 is 40.3 Å². The predicted octanol–water partition coefficient (Wildman–Crippen LogP) is 2.37. The summed E-state index contributed by atoms with van der Waals surface area (Å²) >= 11 is 0. The molecule has 0 aliphatic carbocycles. The zero-order chi connectivity index (χ0) is 21.1. The normalized spacial score (nSPS) is 15.4. The van der Waals surface area contributed by atoms with E-state index >= 15 is 0 Å². The zero-order valence-electron chi connectivity index (χ0n) is 16.8. The number of primary amides is 1. The second kappa shape index (κ2) is 8.38. The maximum atomic E-state index is 12.6. The number of urea groups is 1. The van der Waals surface area contributed by atoms with Gasteiger partial charge in [-0.25, -0.2) is 9.78 Å². The van der Waals surface area contributed by atoms with E-state index in [1.807, 2.05) is 43.4 Å². The van der Waals surface area contributed by atoms with Gasteiger partial charge in [0.05, 0.1) is 11.9 Å². The van der Waals surface area contributed by atoms with Crippen molar-refractivity contribution in [3.05, 3.63) is 59.9 Å². The summed E-state index contributed by atoms with van der Waals surface area (Å²) in [5.41, 5.74) is 8.80. The first-order valence-corrected chi connectivity index (χ1v) is 9.80. The molecule has 4 rings (SSSR count). The third-order valence-corrected chi connectivity index (χ3v) is 5.25. The first kappa shape index (κ1) is 19.7. The van der Waals surface area contributed by atoms with Crippen LogP contribution in [0.1, 0.15) is 11.1 Å². The standard InChI is InChI=1S/C22H24N6O2/c1-27-7-9-28(10-8-27)22(30)26-17-12-19-16(13-24-21(19)25-14-17)11-18(20(23)29)15-5-3-2-4-6-15/h2-6,11-14H,7-10H2,1H3,(H2,23,29)(H,24,25)(H,26,30)/b18-11-. The first-order valence-electron chi connectivity index (χ1n) is 9.80. The number of hydrogen-bond acceptors (Lipinski definition) is 4. The van der Waals surface area contributed by atoms with Crippen LogP contribution in [0.15, 0.2) is 48.8 Å². The van der Waals surface area contributed by atoms with E-state index in [0.717, 1.165) is 29.6 Å². The van der Waals surface area contributed by atoms with Crippen LogP contribution in [-0.2, 0) is 4.79 Å². The summed E-state index contributed by atoms with van der Waals surface area (Å²) < 4.78 is 0. The van der Waals surface area contributed by atoms with Crippen molar-refractivity contribution in [3.8, 4) is 0 Å². The third kappa shape index (κ3) is 4.18. The van der Waals surface area contributed by atoms with Gasteiger partial charge in [0.25, 0.3) is 0 Å². The van der Waals surface area contributed by atoms with Gasteiger partial charge in [0.15, 0.2) is 0 Å². The van der Waals surface area contributed by atoms with E-state index in [-0.39, 0.29) is 6.03 Å². The Morgan fingerprint density at radius 1 is 1.17 bits per heavy atom. The number of hydrogen-bond donors (Lipinski definition) is 3. The Morgan fingerprint density at radius 2 is 1.90 bits per heavy atom. The molecule has 1 aliphatic rings. The van der Waals surface area contributed by atoms with Gasteiger partial charge in [-0.2, -0.15) is 0 Å². The van der Waals surface area contributed by atoms with Crippen LogP contribution in [0.25, 0.3) is 22.7 Å². The molecule has 1 fully saturated rings. The van der Waals surface area contributed by atoms with Crippen LogP contribution in [0.3, 0.4) is 0 Å². The fourth-order valence-corrected chi connectivity index (χ4v) is 3.49. The van der Waals surface area contributed by atoms with Gasteiger partial charge in [-0.1, -0.05) is 30.3 Å². The number of nitrogens with two attached hydrogens (primary N) is 1. The van der Waals surface area contributed by atoms with Gasteiger partial charge in [0.1, 0.15) is 5.65 Å². The number of fused-ring (bicyclic) bond motifs is 1. The molecule has 3 aromatic rings. The average Bonchev–Trinajstić information content (AvgIpc) is 3.15. The van der Waals surface area contributed by atoms with Crippen molar-refractivity contribution in [2.24, 2.45) is 5.73 Å². The number of amides is 3. The Kier molecular flexibility index (Phi) is 5.49. The molecule has 4 N–H and O–H groups in total. The van der Waals surface area contributed by atoms with E-state index in [4.69, 9.17) is 5.73 Å². The molecule has 154 valence electrons. The number of rotatable bonds is 4. The first-order chi connectivity index (χ1) is 14.5. The Balaban J connectivity index is 1.61. The quantitative estimate of drug-likeness (QED) is 0.580. The highest BCUT2D eigenvalue weighted by atomic mass is 16.2. The van der Waals surface area contributed by atoms with E-state index < -0.39 is 5.91 Å². The minimum atomic E-state index is -0.511. The monoisotopic (exact) mass is 404 g/mol. The van der Waals surface area contributed by atoms with E-state index in [2.05, 4.69) is 20.2 Å². The van der Waals surface area contributed by atoms with Crippen molar-refractivity contribution in [3.63, 3.8) is 0 Å². The molecule has 2 aromatic heterocycles. The molecule has 1 aromatic carbocycles. The summed E-state index contributed by atoms with van der Waals surface area (Å²) in [6, 6.07) is 11.0. The summed E-state index contributed by atoms with van der Waals surface area (Å²) in [5, 5.41) is 3.72. The third-order valence-electron chi connectivity index (χ3n) is 5.25. The maximum Gasteiger partial charge on any atom is 0.321 e. The van der Waals surface area contributed by atoms with Crippen LogP contribution >= 0.6 is 0 Å². The molecule has 1 saturated heterocycles. The Morgan fingerprint density at radius 3 is 2.60 bits per heavy atom. The Labute approximate surface area is 174 Å². The molecule has 0 spiro atoms. The smallest absolute Gasteiger partial charge is 0.321 e. The zero-order valence-corrected chi connectivity index (χ0v) is 16.8. The predicted molar refractivity (Wildman–Crippen MR) is 118 cm³/mol. The molecule has 3 amide bonds. The molecular weight excluding hydrogens is 380 g/mol. The summed E-state index contributed by atoms with van der Waals surface area (Å²) in [5.74, 6) is -0.511. The Hall–Kier alpha value is -3.65. The maximum absolute atomic E-state index is 12.6. The molecule has 8 heteroatoms. The fourth-order valence-electron chi connectivity index (χ4n) is 3.49. The molecule has 0 unspecified atom stereocenters. The van der Waals surface area contributed by atoms with Crippen molar-refractivity contribution < 1.29 is 9.59 Å². The lowest BCUT2D eigenvalue weighted by Gasteiger charge is -2.32. The minimum Gasteiger partial charge on any atom is -0.366 e. The molecule has 3 heterocycles. The van der Waals surface area contributed by atoms with E-state index in [1.54, 1.807) is 23.4 Å². The van der Waals surface area contributed by atoms with Crippen LogP contribution < -0.4 is 11.1 Å². The number of H-pyrrole nitrogens is 1. The highest BCUT2D eigenvalue weighted by Crippen LogP contribution is 2.25. The van der Waals surface area contributed by atoms with Gasteiger partial charge in [0.2, 0.25) is 5.91 Å². The summed E-state index contributed by atoms with van der Waals surface area (Å²) in [7, 11) is 2.05. The number of piperazine rings is 1. The highest BCUT2D eigenvalue weighted by molar-refractivity contribution is 6.24. The van der Waals surface area contributed by atoms with Gasteiger partial charge in [-0.05, 0) is 24.8 Å². The number of nitrogens with zero attached hydrogens (tertiary/aromatic N) is 3. The fraction of sp³-hybridized carbons (Fsp3) is 0.227.